The van der Waals surface area contributed by atoms with Crippen LogP contribution >= 0.6 is 8.60 Å². The third-order valence-electron chi connectivity index (χ3n) is 5.57. The molecule has 21 heavy (non-hydrogen) atoms. The Morgan fingerprint density at radius 2 is 1.62 bits per heavy atom. The van der Waals surface area contributed by atoms with Crippen LogP contribution in [0.3, 0.4) is 0 Å². The van der Waals surface area contributed by atoms with Gasteiger partial charge in [0.05, 0.1) is 12.7 Å². The molecule has 4 saturated heterocycles. The summed E-state index contributed by atoms with van der Waals surface area (Å²) in [7, 11) is -1.36. The lowest BCUT2D eigenvalue weighted by Crippen LogP contribution is -2.62. The highest BCUT2D eigenvalue weighted by atomic mass is 31.2. The van der Waals surface area contributed by atoms with E-state index in [-0.39, 0.29) is 6.10 Å². The van der Waals surface area contributed by atoms with Gasteiger partial charge >= 0.3 is 8.60 Å². The lowest BCUT2D eigenvalue weighted by Gasteiger charge is -2.45. The van der Waals surface area contributed by atoms with Gasteiger partial charge in [-0.25, -0.2) is 0 Å². The molecule has 4 heterocycles. The van der Waals surface area contributed by atoms with Crippen molar-refractivity contribution in [1.29, 1.82) is 0 Å². The Balaban J connectivity index is 1.83. The topological polar surface area (TPSA) is 55.4 Å². The predicted octanol–water partition coefficient (Wildman–Crippen LogP) is 2.85. The molecule has 0 aromatic rings. The van der Waals surface area contributed by atoms with Gasteiger partial charge in [0, 0.05) is 6.42 Å². The van der Waals surface area contributed by atoms with Crippen molar-refractivity contribution in [1.82, 2.24) is 0 Å². The highest BCUT2D eigenvalue weighted by Gasteiger charge is 2.81. The molecule has 0 saturated carbocycles. The van der Waals surface area contributed by atoms with Crippen LogP contribution in [0.25, 0.3) is 0 Å². The van der Waals surface area contributed by atoms with Crippen LogP contribution in [0.15, 0.2) is 0 Å². The van der Waals surface area contributed by atoms with E-state index in [1.165, 1.54) is 0 Å². The molecule has 0 aromatic carbocycles. The summed E-state index contributed by atoms with van der Waals surface area (Å²) in [4.78, 5) is 0. The quantitative estimate of drug-likeness (QED) is 0.640. The first-order valence-corrected chi connectivity index (χ1v) is 8.52. The summed E-state index contributed by atoms with van der Waals surface area (Å²) in [5.41, 5.74) is -2.03. The lowest BCUT2D eigenvalue weighted by molar-refractivity contribution is -0.284. The van der Waals surface area contributed by atoms with Gasteiger partial charge in [0.2, 0.25) is 5.79 Å². The molecule has 0 aromatic heterocycles. The zero-order valence-electron chi connectivity index (χ0n) is 13.4. The molecule has 7 heteroatoms. The average molecular weight is 318 g/mol. The number of ether oxygens (including phenoxy) is 3. The smallest absolute Gasteiger partial charge is 0.333 e. The van der Waals surface area contributed by atoms with E-state index in [1.54, 1.807) is 0 Å². The van der Waals surface area contributed by atoms with Crippen LogP contribution in [0.1, 0.15) is 48.0 Å². The summed E-state index contributed by atoms with van der Waals surface area (Å²) in [6, 6.07) is 0. The maximum atomic E-state index is 6.44. The zero-order chi connectivity index (χ0) is 15.3. The maximum Gasteiger partial charge on any atom is 0.333 e. The molecule has 2 bridgehead atoms. The van der Waals surface area contributed by atoms with Gasteiger partial charge in [-0.05, 0) is 41.5 Å². The lowest BCUT2D eigenvalue weighted by atomic mass is 9.72. The summed E-state index contributed by atoms with van der Waals surface area (Å²) >= 11 is 0. The Morgan fingerprint density at radius 3 is 2.33 bits per heavy atom. The van der Waals surface area contributed by atoms with Crippen molar-refractivity contribution in [2.45, 2.75) is 82.4 Å². The van der Waals surface area contributed by atoms with Crippen molar-refractivity contribution in [3.63, 3.8) is 0 Å². The van der Waals surface area contributed by atoms with Crippen molar-refractivity contribution in [3.05, 3.63) is 0 Å². The van der Waals surface area contributed by atoms with Crippen molar-refractivity contribution in [2.24, 2.45) is 0 Å². The highest BCUT2D eigenvalue weighted by Crippen LogP contribution is 2.69. The number of hydrogen-bond acceptors (Lipinski definition) is 6. The van der Waals surface area contributed by atoms with E-state index in [9.17, 15) is 0 Å². The SMILES string of the molecule is CC1(C)O[C@@]2(C)O[C@]3(C)C[C@@H]4CO[P@](O4)O[C@@]3(C)[C@@]2(C)O1. The Morgan fingerprint density at radius 1 is 0.905 bits per heavy atom. The number of hydrogen-bond donors (Lipinski definition) is 0. The summed E-state index contributed by atoms with van der Waals surface area (Å²) in [5, 5.41) is 0. The molecule has 4 rings (SSSR count). The molecule has 120 valence electrons. The molecule has 0 spiro atoms. The molecule has 4 aliphatic rings. The van der Waals surface area contributed by atoms with Crippen LogP contribution in [0.2, 0.25) is 0 Å². The number of rotatable bonds is 0. The van der Waals surface area contributed by atoms with Crippen LogP contribution in [0, 0.1) is 0 Å². The minimum atomic E-state index is -1.36. The Hall–Kier alpha value is 0.190. The largest absolute Gasteiger partial charge is 0.338 e. The minimum absolute atomic E-state index is 0.00183. The van der Waals surface area contributed by atoms with E-state index in [4.69, 9.17) is 27.8 Å². The van der Waals surface area contributed by atoms with E-state index < -0.39 is 37.0 Å². The molecule has 6 nitrogen and oxygen atoms in total. The molecular formula is C14H23O6P. The average Bonchev–Trinajstić information content (AvgIpc) is 2.78. The first-order chi connectivity index (χ1) is 9.53. The van der Waals surface area contributed by atoms with Gasteiger partial charge in [-0.2, -0.15) is 0 Å². The van der Waals surface area contributed by atoms with Crippen molar-refractivity contribution in [3.8, 4) is 0 Å². The Kier molecular flexibility index (Phi) is 2.68. The summed E-state index contributed by atoms with van der Waals surface area (Å²) in [6.45, 7) is 12.4. The van der Waals surface area contributed by atoms with Gasteiger partial charge < -0.3 is 23.3 Å². The second-order valence-corrected chi connectivity index (χ2v) is 8.59. The van der Waals surface area contributed by atoms with E-state index in [2.05, 4.69) is 6.92 Å². The van der Waals surface area contributed by atoms with Gasteiger partial charge in [-0.3, -0.25) is 4.52 Å². The fraction of sp³-hybridized carbons (Fsp3) is 1.00. The minimum Gasteiger partial charge on any atom is -0.338 e. The van der Waals surface area contributed by atoms with Gasteiger partial charge in [0.25, 0.3) is 0 Å². The van der Waals surface area contributed by atoms with Crippen LogP contribution < -0.4 is 0 Å². The highest BCUT2D eigenvalue weighted by molar-refractivity contribution is 7.42. The first-order valence-electron chi connectivity index (χ1n) is 7.42. The van der Waals surface area contributed by atoms with Crippen molar-refractivity contribution >= 4 is 8.60 Å². The van der Waals surface area contributed by atoms with Crippen LogP contribution in [0.4, 0.5) is 0 Å². The van der Waals surface area contributed by atoms with Crippen molar-refractivity contribution < 1.29 is 27.8 Å². The fourth-order valence-electron chi connectivity index (χ4n) is 4.33. The molecule has 4 aliphatic heterocycles. The zero-order valence-corrected chi connectivity index (χ0v) is 14.3. The maximum absolute atomic E-state index is 6.44. The van der Waals surface area contributed by atoms with Crippen LogP contribution in [-0.4, -0.2) is 41.1 Å². The van der Waals surface area contributed by atoms with E-state index >= 15 is 0 Å². The van der Waals surface area contributed by atoms with E-state index in [0.29, 0.717) is 13.0 Å². The molecule has 6 atom stereocenters. The van der Waals surface area contributed by atoms with Gasteiger partial charge in [-0.1, -0.05) is 0 Å². The first kappa shape index (κ1) is 14.8. The normalized spacial score (nSPS) is 61.4. The molecule has 0 amide bonds. The van der Waals surface area contributed by atoms with Gasteiger partial charge in [0.15, 0.2) is 11.4 Å². The molecule has 0 aliphatic carbocycles. The Labute approximate surface area is 126 Å². The molecule has 0 N–H and O–H groups in total. The molecular weight excluding hydrogens is 295 g/mol. The standard InChI is InChI=1S/C14H23O6P/c1-10(2)17-13(5)12(4)11(3,19-14(13,6)18-10)7-9-8-15-21(16-9)20-12/h9H,7-8H2,1-6H3/t9-,11-,12-,13-,14+,21-/m1/s1. The predicted molar refractivity (Wildman–Crippen MR) is 74.4 cm³/mol. The second-order valence-electron chi connectivity index (χ2n) is 7.49. The molecule has 0 radical (unpaired) electrons. The summed E-state index contributed by atoms with van der Waals surface area (Å²) in [6.07, 6.45) is 0.697. The third-order valence-corrected chi connectivity index (χ3v) is 6.92. The van der Waals surface area contributed by atoms with Crippen LogP contribution in [0.5, 0.6) is 0 Å². The van der Waals surface area contributed by atoms with Gasteiger partial charge in [-0.15, -0.1) is 0 Å². The molecule has 0 unspecified atom stereocenters. The second kappa shape index (κ2) is 3.81. The van der Waals surface area contributed by atoms with Gasteiger partial charge in [0.1, 0.15) is 11.2 Å². The monoisotopic (exact) mass is 318 g/mol. The number of fused-ring (bicyclic) bond motifs is 5. The van der Waals surface area contributed by atoms with E-state index in [1.807, 2.05) is 34.6 Å². The fourth-order valence-corrected chi connectivity index (χ4v) is 5.82. The third kappa shape index (κ3) is 1.62. The van der Waals surface area contributed by atoms with Crippen LogP contribution in [-0.2, 0) is 27.8 Å². The summed E-state index contributed by atoms with van der Waals surface area (Å²) in [5.74, 6) is -1.59. The molecule has 4 fully saturated rings. The summed E-state index contributed by atoms with van der Waals surface area (Å²) < 4.78 is 36.6. The Bertz CT molecular complexity index is 500. The van der Waals surface area contributed by atoms with E-state index in [0.717, 1.165) is 0 Å². The van der Waals surface area contributed by atoms with Crippen molar-refractivity contribution in [2.75, 3.05) is 6.61 Å².